The van der Waals surface area contributed by atoms with Crippen molar-refractivity contribution in [3.05, 3.63) is 77.4 Å². The smallest absolute Gasteiger partial charge is 0.269 e. The van der Waals surface area contributed by atoms with Crippen LogP contribution in [0.5, 0.6) is 5.75 Å². The van der Waals surface area contributed by atoms with E-state index in [2.05, 4.69) is 10.3 Å². The van der Waals surface area contributed by atoms with Gasteiger partial charge >= 0.3 is 0 Å². The van der Waals surface area contributed by atoms with Gasteiger partial charge < -0.3 is 14.6 Å². The van der Waals surface area contributed by atoms with Gasteiger partial charge in [0, 0.05) is 31.0 Å². The molecule has 1 N–H and O–H groups in total. The summed E-state index contributed by atoms with van der Waals surface area (Å²) in [5.41, 5.74) is 0.998. The number of ether oxygens (including phenoxy) is 1. The number of hydrogen-bond donors (Lipinski definition) is 1. The Bertz CT molecular complexity index is 1380. The Kier molecular flexibility index (Phi) is 4.97. The number of sulfonamides is 1. The highest BCUT2D eigenvalue weighted by atomic mass is 32.2. The molecule has 0 spiro atoms. The second-order valence-electron chi connectivity index (χ2n) is 8.13. The van der Waals surface area contributed by atoms with Crippen LogP contribution in [0.1, 0.15) is 51.0 Å². The molecular weight excluding hydrogens is 444 g/mol. The normalized spacial score (nSPS) is 17.5. The van der Waals surface area contributed by atoms with Crippen LogP contribution in [0.4, 0.5) is 0 Å². The second kappa shape index (κ2) is 7.73. The molecule has 1 saturated carbocycles. The average molecular weight is 467 g/mol. The number of methoxy groups -OCH3 is 1. The summed E-state index contributed by atoms with van der Waals surface area (Å²) in [4.78, 5) is 30.1. The highest BCUT2D eigenvalue weighted by molar-refractivity contribution is 7.90. The molecule has 1 aliphatic carbocycles. The maximum absolute atomic E-state index is 13.2. The Labute approximate surface area is 191 Å². The van der Waals surface area contributed by atoms with Gasteiger partial charge in [-0.3, -0.25) is 9.59 Å². The lowest BCUT2D eigenvalue weighted by atomic mass is 10.0. The Balaban J connectivity index is 1.50. The van der Waals surface area contributed by atoms with Gasteiger partial charge in [0.05, 0.1) is 12.7 Å². The molecule has 5 rings (SSSR count). The summed E-state index contributed by atoms with van der Waals surface area (Å²) in [5.74, 6) is 0.214. The molecule has 1 aromatic heterocycles. The molecule has 0 bridgehead atoms. The Morgan fingerprint density at radius 1 is 1.21 bits per heavy atom. The minimum atomic E-state index is -3.96. The molecule has 170 valence electrons. The van der Waals surface area contributed by atoms with Gasteiger partial charge in [-0.05, 0) is 48.7 Å². The van der Waals surface area contributed by atoms with E-state index in [4.69, 9.17) is 4.74 Å². The molecule has 1 unspecified atom stereocenters. The van der Waals surface area contributed by atoms with Crippen molar-refractivity contribution in [1.82, 2.24) is 19.2 Å². The van der Waals surface area contributed by atoms with Crippen LogP contribution in [0, 0.1) is 0 Å². The van der Waals surface area contributed by atoms with Crippen LogP contribution < -0.4 is 10.1 Å². The lowest BCUT2D eigenvalue weighted by molar-refractivity contribution is 0.0863. The SMILES string of the molecule is COc1cccc(C(NC(=O)c2ccc3c(c2)S(=O)(=O)N(C2CC2)C3=O)c2nccn2C)c1. The van der Waals surface area contributed by atoms with Gasteiger partial charge in [0.25, 0.3) is 21.8 Å². The molecule has 0 saturated heterocycles. The summed E-state index contributed by atoms with van der Waals surface area (Å²) < 4.78 is 33.9. The molecule has 0 radical (unpaired) electrons. The van der Waals surface area contributed by atoms with Gasteiger partial charge in [0.1, 0.15) is 22.5 Å². The Hall–Kier alpha value is -3.66. The monoisotopic (exact) mass is 466 g/mol. The summed E-state index contributed by atoms with van der Waals surface area (Å²) in [7, 11) is -0.576. The molecule has 33 heavy (non-hydrogen) atoms. The summed E-state index contributed by atoms with van der Waals surface area (Å²) in [6.07, 6.45) is 4.74. The predicted octanol–water partition coefficient (Wildman–Crippen LogP) is 2.25. The number of amides is 2. The fraction of sp³-hybridized carbons (Fsp3) is 0.261. The van der Waals surface area contributed by atoms with E-state index in [1.165, 1.54) is 18.2 Å². The molecule has 2 aliphatic rings. The number of carbonyl (C=O) groups excluding carboxylic acids is 2. The topological polar surface area (TPSA) is 111 Å². The molecule has 2 aromatic carbocycles. The summed E-state index contributed by atoms with van der Waals surface area (Å²) in [6, 6.07) is 10.5. The fourth-order valence-electron chi connectivity index (χ4n) is 4.05. The van der Waals surface area contributed by atoms with E-state index in [0.29, 0.717) is 24.4 Å². The maximum atomic E-state index is 13.2. The minimum Gasteiger partial charge on any atom is -0.497 e. The van der Waals surface area contributed by atoms with E-state index in [-0.39, 0.29) is 22.1 Å². The third kappa shape index (κ3) is 3.56. The second-order valence-corrected chi connectivity index (χ2v) is 9.91. The minimum absolute atomic E-state index is 0.104. The van der Waals surface area contributed by atoms with Crippen LogP contribution in [0.15, 0.2) is 59.8 Å². The van der Waals surface area contributed by atoms with Crippen molar-refractivity contribution >= 4 is 21.8 Å². The molecule has 10 heteroatoms. The summed E-state index contributed by atoms with van der Waals surface area (Å²) in [6.45, 7) is 0. The lowest BCUT2D eigenvalue weighted by Gasteiger charge is -2.20. The lowest BCUT2D eigenvalue weighted by Crippen LogP contribution is -2.32. The summed E-state index contributed by atoms with van der Waals surface area (Å²) in [5, 5.41) is 2.95. The quantitative estimate of drug-likeness (QED) is 0.597. The molecule has 1 aliphatic heterocycles. The standard InChI is InChI=1S/C23H22N4O5S/c1-26-11-10-24-21(26)20(14-4-3-5-17(12-14)32-2)25-22(28)15-6-9-18-19(13-15)33(30,31)27(23(18)29)16-7-8-16/h3-6,9-13,16,20H,7-8H2,1-2H3,(H,25,28). The van der Waals surface area contributed by atoms with E-state index >= 15 is 0 Å². The predicted molar refractivity (Wildman–Crippen MR) is 118 cm³/mol. The van der Waals surface area contributed by atoms with Gasteiger partial charge in [0.2, 0.25) is 0 Å². The van der Waals surface area contributed by atoms with E-state index in [1.807, 2.05) is 19.2 Å². The first-order valence-corrected chi connectivity index (χ1v) is 11.9. The van der Waals surface area contributed by atoms with Crippen molar-refractivity contribution in [2.24, 2.45) is 7.05 Å². The summed E-state index contributed by atoms with van der Waals surface area (Å²) >= 11 is 0. The number of nitrogens with one attached hydrogen (secondary N) is 1. The fourth-order valence-corrected chi connectivity index (χ4v) is 5.89. The molecule has 3 aromatic rings. The molecule has 2 amide bonds. The van der Waals surface area contributed by atoms with E-state index < -0.39 is 27.9 Å². The number of nitrogens with zero attached hydrogens (tertiary/aromatic N) is 3. The van der Waals surface area contributed by atoms with Gasteiger partial charge in [0.15, 0.2) is 0 Å². The highest BCUT2D eigenvalue weighted by Crippen LogP contribution is 2.39. The zero-order valence-electron chi connectivity index (χ0n) is 18.1. The largest absolute Gasteiger partial charge is 0.497 e. The first-order chi connectivity index (χ1) is 15.8. The first-order valence-electron chi connectivity index (χ1n) is 10.5. The van der Waals surface area contributed by atoms with Crippen LogP contribution in [0.2, 0.25) is 0 Å². The van der Waals surface area contributed by atoms with Crippen molar-refractivity contribution in [3.63, 3.8) is 0 Å². The van der Waals surface area contributed by atoms with Gasteiger partial charge in [-0.15, -0.1) is 0 Å². The van der Waals surface area contributed by atoms with Crippen LogP contribution in [-0.4, -0.2) is 47.2 Å². The maximum Gasteiger partial charge on any atom is 0.269 e. The third-order valence-corrected chi connectivity index (χ3v) is 7.78. The van der Waals surface area contributed by atoms with Crippen molar-refractivity contribution in [3.8, 4) is 5.75 Å². The van der Waals surface area contributed by atoms with Crippen molar-refractivity contribution in [2.45, 2.75) is 29.8 Å². The van der Waals surface area contributed by atoms with Crippen molar-refractivity contribution < 1.29 is 22.7 Å². The van der Waals surface area contributed by atoms with E-state index in [9.17, 15) is 18.0 Å². The van der Waals surface area contributed by atoms with Crippen LogP contribution in [-0.2, 0) is 17.1 Å². The number of fused-ring (bicyclic) bond motifs is 1. The van der Waals surface area contributed by atoms with Crippen molar-refractivity contribution in [1.29, 1.82) is 0 Å². The van der Waals surface area contributed by atoms with Crippen molar-refractivity contribution in [2.75, 3.05) is 7.11 Å². The Morgan fingerprint density at radius 3 is 2.67 bits per heavy atom. The number of imidazole rings is 1. The highest BCUT2D eigenvalue weighted by Gasteiger charge is 2.48. The number of hydrogen-bond acceptors (Lipinski definition) is 6. The zero-order chi connectivity index (χ0) is 23.3. The molecule has 2 heterocycles. The van der Waals surface area contributed by atoms with E-state index in [1.54, 1.807) is 36.2 Å². The van der Waals surface area contributed by atoms with Crippen LogP contribution in [0.3, 0.4) is 0 Å². The number of rotatable bonds is 6. The van der Waals surface area contributed by atoms with E-state index in [0.717, 1.165) is 9.87 Å². The average Bonchev–Trinajstić information content (AvgIpc) is 3.51. The van der Waals surface area contributed by atoms with Gasteiger partial charge in [-0.25, -0.2) is 17.7 Å². The number of aryl methyl sites for hydroxylation is 1. The molecule has 1 atom stereocenters. The molecule has 9 nitrogen and oxygen atoms in total. The van der Waals surface area contributed by atoms with Gasteiger partial charge in [-0.1, -0.05) is 12.1 Å². The molecule has 1 fully saturated rings. The number of aromatic nitrogens is 2. The zero-order valence-corrected chi connectivity index (χ0v) is 18.9. The van der Waals surface area contributed by atoms with Gasteiger partial charge in [-0.2, -0.15) is 0 Å². The third-order valence-electron chi connectivity index (χ3n) is 5.91. The van der Waals surface area contributed by atoms with Crippen LogP contribution in [0.25, 0.3) is 0 Å². The Morgan fingerprint density at radius 2 is 2.00 bits per heavy atom. The molecular formula is C23H22N4O5S. The number of carbonyl (C=O) groups is 2. The first kappa shape index (κ1) is 21.2. The van der Waals surface area contributed by atoms with Crippen LogP contribution >= 0.6 is 0 Å². The number of benzene rings is 2.